The highest BCUT2D eigenvalue weighted by Crippen LogP contribution is 2.21. The minimum atomic E-state index is -0.211. The van der Waals surface area contributed by atoms with E-state index in [1.165, 1.54) is 6.07 Å². The lowest BCUT2D eigenvalue weighted by Gasteiger charge is -2.16. The Kier molecular flexibility index (Phi) is 4.57. The van der Waals surface area contributed by atoms with E-state index < -0.39 is 0 Å². The van der Waals surface area contributed by atoms with Crippen molar-refractivity contribution in [3.8, 4) is 0 Å². The Morgan fingerprint density at radius 1 is 1.24 bits per heavy atom. The van der Waals surface area contributed by atoms with Crippen molar-refractivity contribution in [2.75, 3.05) is 22.9 Å². The van der Waals surface area contributed by atoms with Gasteiger partial charge in [0.15, 0.2) is 0 Å². The van der Waals surface area contributed by atoms with Crippen LogP contribution < -0.4 is 16.4 Å². The van der Waals surface area contributed by atoms with E-state index in [-0.39, 0.29) is 17.8 Å². The quantitative estimate of drug-likeness (QED) is 0.788. The number of rotatable bonds is 5. The van der Waals surface area contributed by atoms with Gasteiger partial charge in [-0.25, -0.2) is 4.39 Å². The molecule has 0 radical (unpaired) electrons. The molecule has 0 aliphatic carbocycles. The zero-order chi connectivity index (χ0) is 15.4. The van der Waals surface area contributed by atoms with E-state index in [0.29, 0.717) is 17.2 Å². The third-order valence-corrected chi connectivity index (χ3v) is 3.16. The molecule has 1 aromatic carbocycles. The molecular weight excluding hydrogens is 269 g/mol. The van der Waals surface area contributed by atoms with Crippen molar-refractivity contribution < 1.29 is 4.39 Å². The van der Waals surface area contributed by atoms with Crippen molar-refractivity contribution in [3.63, 3.8) is 0 Å². The maximum atomic E-state index is 13.6. The molecule has 0 amide bonds. The van der Waals surface area contributed by atoms with Gasteiger partial charge in [-0.1, -0.05) is 12.1 Å². The lowest BCUT2D eigenvalue weighted by Crippen LogP contribution is -2.11. The molecular formula is C15H20FN5. The van der Waals surface area contributed by atoms with Gasteiger partial charge in [-0.2, -0.15) is 9.97 Å². The van der Waals surface area contributed by atoms with Gasteiger partial charge < -0.3 is 16.4 Å². The number of nitrogen functional groups attached to an aromatic ring is 1. The van der Waals surface area contributed by atoms with Gasteiger partial charge >= 0.3 is 0 Å². The largest absolute Gasteiger partial charge is 0.370 e. The van der Waals surface area contributed by atoms with Gasteiger partial charge in [0, 0.05) is 12.6 Å². The molecule has 112 valence electrons. The molecule has 6 heteroatoms. The summed E-state index contributed by atoms with van der Waals surface area (Å²) in [6.45, 7) is 6.40. The highest BCUT2D eigenvalue weighted by Gasteiger charge is 2.10. The van der Waals surface area contributed by atoms with Crippen molar-refractivity contribution >= 4 is 17.6 Å². The lowest BCUT2D eigenvalue weighted by atomic mass is 10.1. The Hall–Kier alpha value is -2.37. The average Bonchev–Trinajstić information content (AvgIpc) is 2.41. The summed E-state index contributed by atoms with van der Waals surface area (Å²) in [4.78, 5) is 8.23. The maximum absolute atomic E-state index is 13.6. The standard InChI is InChI=1S/C15H20FN5/c1-4-18-13-8-14(21-15(17)20-13)19-10(3)11-6-5-9(2)12(16)7-11/h5-8,10H,4H2,1-3H3,(H4,17,18,19,20,21). The minimum Gasteiger partial charge on any atom is -0.370 e. The van der Waals surface area contributed by atoms with Gasteiger partial charge in [-0.3, -0.25) is 0 Å². The number of anilines is 3. The second kappa shape index (κ2) is 6.39. The Labute approximate surface area is 123 Å². The smallest absolute Gasteiger partial charge is 0.223 e. The van der Waals surface area contributed by atoms with Gasteiger partial charge in [-0.15, -0.1) is 0 Å². The number of nitrogens with one attached hydrogen (secondary N) is 2. The second-order valence-corrected chi connectivity index (χ2v) is 4.90. The van der Waals surface area contributed by atoms with Crippen LogP contribution in [0.15, 0.2) is 24.3 Å². The highest BCUT2D eigenvalue weighted by atomic mass is 19.1. The monoisotopic (exact) mass is 289 g/mol. The fourth-order valence-corrected chi connectivity index (χ4v) is 2.00. The zero-order valence-corrected chi connectivity index (χ0v) is 12.4. The van der Waals surface area contributed by atoms with Gasteiger partial charge in [-0.05, 0) is 38.0 Å². The summed E-state index contributed by atoms with van der Waals surface area (Å²) < 4.78 is 13.6. The van der Waals surface area contributed by atoms with E-state index in [0.717, 1.165) is 12.1 Å². The van der Waals surface area contributed by atoms with E-state index in [9.17, 15) is 4.39 Å². The van der Waals surface area contributed by atoms with Gasteiger partial charge in [0.05, 0.1) is 6.04 Å². The predicted octanol–water partition coefficient (Wildman–Crippen LogP) is 3.11. The normalized spacial score (nSPS) is 12.0. The minimum absolute atomic E-state index is 0.0936. The molecule has 1 unspecified atom stereocenters. The number of hydrogen-bond acceptors (Lipinski definition) is 5. The first kappa shape index (κ1) is 15.0. The fourth-order valence-electron chi connectivity index (χ4n) is 2.00. The third-order valence-electron chi connectivity index (χ3n) is 3.16. The molecule has 1 atom stereocenters. The zero-order valence-electron chi connectivity index (χ0n) is 12.4. The fraction of sp³-hybridized carbons (Fsp3) is 0.333. The van der Waals surface area contributed by atoms with Gasteiger partial charge in [0.1, 0.15) is 17.5 Å². The molecule has 1 aromatic heterocycles. The van der Waals surface area contributed by atoms with E-state index in [2.05, 4.69) is 20.6 Å². The summed E-state index contributed by atoms with van der Waals surface area (Å²) >= 11 is 0. The van der Waals surface area contributed by atoms with Crippen LogP contribution >= 0.6 is 0 Å². The summed E-state index contributed by atoms with van der Waals surface area (Å²) in [5, 5.41) is 6.29. The predicted molar refractivity (Wildman–Crippen MR) is 83.8 cm³/mol. The van der Waals surface area contributed by atoms with Crippen LogP contribution in [-0.2, 0) is 0 Å². The topological polar surface area (TPSA) is 75.9 Å². The second-order valence-electron chi connectivity index (χ2n) is 4.90. The average molecular weight is 289 g/mol. The van der Waals surface area contributed by atoms with E-state index in [4.69, 9.17) is 5.73 Å². The maximum Gasteiger partial charge on any atom is 0.223 e. The van der Waals surface area contributed by atoms with Crippen LogP contribution in [0.2, 0.25) is 0 Å². The first-order valence-corrected chi connectivity index (χ1v) is 6.90. The molecule has 0 aliphatic heterocycles. The molecule has 1 heterocycles. The number of aromatic nitrogens is 2. The number of hydrogen-bond donors (Lipinski definition) is 3. The summed E-state index contributed by atoms with van der Waals surface area (Å²) in [6.07, 6.45) is 0. The van der Waals surface area contributed by atoms with Gasteiger partial charge in [0.25, 0.3) is 0 Å². The van der Waals surface area contributed by atoms with Crippen LogP contribution in [0.4, 0.5) is 22.0 Å². The molecule has 21 heavy (non-hydrogen) atoms. The van der Waals surface area contributed by atoms with Gasteiger partial charge in [0.2, 0.25) is 5.95 Å². The van der Waals surface area contributed by atoms with Crippen molar-refractivity contribution in [1.82, 2.24) is 9.97 Å². The molecule has 0 spiro atoms. The van der Waals surface area contributed by atoms with Crippen LogP contribution in [-0.4, -0.2) is 16.5 Å². The summed E-state index contributed by atoms with van der Waals surface area (Å²) in [5.74, 6) is 1.25. The summed E-state index contributed by atoms with van der Waals surface area (Å²) in [5.41, 5.74) is 7.16. The number of nitrogens with two attached hydrogens (primary N) is 1. The third kappa shape index (κ3) is 3.81. The number of halogens is 1. The molecule has 0 aliphatic rings. The molecule has 5 nitrogen and oxygen atoms in total. The molecule has 2 aromatic rings. The van der Waals surface area contributed by atoms with Crippen LogP contribution in [0.5, 0.6) is 0 Å². The van der Waals surface area contributed by atoms with Crippen LogP contribution in [0, 0.1) is 12.7 Å². The van der Waals surface area contributed by atoms with Crippen molar-refractivity contribution in [1.29, 1.82) is 0 Å². The van der Waals surface area contributed by atoms with Crippen LogP contribution in [0.3, 0.4) is 0 Å². The summed E-state index contributed by atoms with van der Waals surface area (Å²) in [7, 11) is 0. The Bertz CT molecular complexity index is 629. The molecule has 0 saturated carbocycles. The van der Waals surface area contributed by atoms with Crippen molar-refractivity contribution in [2.45, 2.75) is 26.8 Å². The SMILES string of the molecule is CCNc1cc(NC(C)c2ccc(C)c(F)c2)nc(N)n1. The Balaban J connectivity index is 2.18. The molecule has 4 N–H and O–H groups in total. The van der Waals surface area contributed by atoms with E-state index >= 15 is 0 Å². The molecule has 0 fully saturated rings. The first-order chi connectivity index (χ1) is 9.99. The molecule has 2 rings (SSSR count). The number of aryl methyl sites for hydroxylation is 1. The molecule has 0 bridgehead atoms. The highest BCUT2D eigenvalue weighted by molar-refractivity contribution is 5.52. The van der Waals surface area contributed by atoms with Crippen molar-refractivity contribution in [3.05, 3.63) is 41.2 Å². The number of benzene rings is 1. The lowest BCUT2D eigenvalue weighted by molar-refractivity contribution is 0.614. The summed E-state index contributed by atoms with van der Waals surface area (Å²) in [6, 6.07) is 6.88. The number of nitrogens with zero attached hydrogens (tertiary/aromatic N) is 2. The van der Waals surface area contributed by atoms with E-state index in [1.807, 2.05) is 19.9 Å². The van der Waals surface area contributed by atoms with Crippen LogP contribution in [0.1, 0.15) is 31.0 Å². The van der Waals surface area contributed by atoms with Crippen LogP contribution in [0.25, 0.3) is 0 Å². The molecule has 0 saturated heterocycles. The first-order valence-electron chi connectivity index (χ1n) is 6.90. The Morgan fingerprint density at radius 2 is 1.95 bits per heavy atom. The van der Waals surface area contributed by atoms with Crippen molar-refractivity contribution in [2.24, 2.45) is 0 Å². The van der Waals surface area contributed by atoms with E-state index in [1.54, 1.807) is 19.1 Å². The Morgan fingerprint density at radius 3 is 2.62 bits per heavy atom.